The average Bonchev–Trinajstić information content (AvgIpc) is 2.67. The first-order valence-corrected chi connectivity index (χ1v) is 10.9. The Morgan fingerprint density at radius 2 is 1.52 bits per heavy atom. The third-order valence-corrected chi connectivity index (χ3v) is 4.98. The first-order valence-electron chi connectivity index (χ1n) is 9.42. The highest BCUT2D eigenvalue weighted by atomic mass is 32.2. The quantitative estimate of drug-likeness (QED) is 0.0934. The van der Waals surface area contributed by atoms with Crippen molar-refractivity contribution in [3.05, 3.63) is 12.7 Å². The molecule has 0 aromatic heterocycles. The van der Waals surface area contributed by atoms with Gasteiger partial charge in [0.25, 0.3) is 0 Å². The van der Waals surface area contributed by atoms with Crippen LogP contribution in [-0.2, 0) is 29.2 Å². The Labute approximate surface area is 185 Å². The van der Waals surface area contributed by atoms with Gasteiger partial charge in [0.1, 0.15) is 0 Å². The van der Waals surface area contributed by atoms with Crippen LogP contribution in [0.25, 0.3) is 0 Å². The molecular formula is C17H24F7NO7S. The number of amides is 1. The second kappa shape index (κ2) is 11.5. The summed E-state index contributed by atoms with van der Waals surface area (Å²) in [4.78, 5) is 24.9. The lowest BCUT2D eigenvalue weighted by Crippen LogP contribution is -2.62. The highest BCUT2D eigenvalue weighted by Crippen LogP contribution is 2.42. The smallest absolute Gasteiger partial charge is 0.412 e. The average molecular weight is 519 g/mol. The van der Waals surface area contributed by atoms with Gasteiger partial charge in [-0.1, -0.05) is 20.4 Å². The summed E-state index contributed by atoms with van der Waals surface area (Å²) in [6.45, 7) is 4.02. The molecule has 0 bridgehead atoms. The van der Waals surface area contributed by atoms with Crippen molar-refractivity contribution in [2.24, 2.45) is 0 Å². The molecule has 0 radical (unpaired) electrons. The number of ether oxygens (including phenoxy) is 2. The molecule has 194 valence electrons. The molecule has 0 fully saturated rings. The normalized spacial score (nSPS) is 15.0. The van der Waals surface area contributed by atoms with Gasteiger partial charge >= 0.3 is 45.1 Å². The molecule has 0 aliphatic heterocycles. The molecule has 1 N–H and O–H groups in total. The first-order chi connectivity index (χ1) is 14.8. The number of hydrogen-bond donors (Lipinski definition) is 1. The fraction of sp³-hybridized carbons (Fsp3) is 0.765. The van der Waals surface area contributed by atoms with Crippen molar-refractivity contribution in [2.45, 2.75) is 62.7 Å². The lowest BCUT2D eigenvalue weighted by atomic mass is 10.1. The van der Waals surface area contributed by atoms with E-state index in [1.54, 1.807) is 0 Å². The lowest BCUT2D eigenvalue weighted by molar-refractivity contribution is -0.350. The number of hydrogen-bond acceptors (Lipinski definition) is 6. The summed E-state index contributed by atoms with van der Waals surface area (Å²) in [6.07, 6.45) is -8.50. The SMILES string of the molecule is C=CC(=O)OC(OCCCC(F)(F)C(F)(F)S(=O)(=O)O)(C(=O)N(CCC)CCC)C(F)(F)F. The second-order valence-corrected chi connectivity index (χ2v) is 8.14. The summed E-state index contributed by atoms with van der Waals surface area (Å²) in [5.74, 6) is -13.3. The molecule has 0 aliphatic rings. The van der Waals surface area contributed by atoms with Crippen molar-refractivity contribution in [1.29, 1.82) is 0 Å². The van der Waals surface area contributed by atoms with Gasteiger partial charge in [0, 0.05) is 25.6 Å². The maximum Gasteiger partial charge on any atom is 0.466 e. The van der Waals surface area contributed by atoms with Gasteiger partial charge in [0.2, 0.25) is 0 Å². The van der Waals surface area contributed by atoms with E-state index in [1.165, 1.54) is 13.8 Å². The Kier molecular flexibility index (Phi) is 10.8. The number of esters is 1. The van der Waals surface area contributed by atoms with Crippen LogP contribution >= 0.6 is 0 Å². The summed E-state index contributed by atoms with van der Waals surface area (Å²) in [7, 11) is -6.55. The molecule has 1 unspecified atom stereocenters. The van der Waals surface area contributed by atoms with Crippen molar-refractivity contribution in [3.8, 4) is 0 Å². The molecule has 16 heteroatoms. The van der Waals surface area contributed by atoms with E-state index in [0.717, 1.165) is 0 Å². The zero-order valence-electron chi connectivity index (χ0n) is 17.6. The summed E-state index contributed by atoms with van der Waals surface area (Å²) in [6, 6.07) is 0. The van der Waals surface area contributed by atoms with E-state index in [4.69, 9.17) is 4.55 Å². The second-order valence-electron chi connectivity index (χ2n) is 6.68. The highest BCUT2D eigenvalue weighted by molar-refractivity contribution is 7.87. The van der Waals surface area contributed by atoms with Crippen LogP contribution in [0.3, 0.4) is 0 Å². The van der Waals surface area contributed by atoms with Crippen LogP contribution in [0.15, 0.2) is 12.7 Å². The third kappa shape index (κ3) is 7.27. The molecule has 1 amide bonds. The number of carbonyl (C=O) groups is 2. The Morgan fingerprint density at radius 3 is 1.88 bits per heavy atom. The standard InChI is InChI=1S/C17H24F7NO7S/c1-4-9-25(10-5-2)13(27)15(16(20,21)22,32-12(26)6-3)31-11-7-8-14(18,19)17(23,24)33(28,29)30/h6H,3-5,7-11H2,1-2H3,(H,28,29,30). The Hall–Kier alpha value is -1.94. The van der Waals surface area contributed by atoms with Crippen LogP contribution in [0, 0.1) is 0 Å². The minimum atomic E-state index is -6.55. The zero-order valence-corrected chi connectivity index (χ0v) is 18.4. The largest absolute Gasteiger partial charge is 0.466 e. The molecular weight excluding hydrogens is 495 g/mol. The molecule has 0 aliphatic carbocycles. The monoisotopic (exact) mass is 519 g/mol. The summed E-state index contributed by atoms with van der Waals surface area (Å²) in [5.41, 5.74) is 0. The Morgan fingerprint density at radius 1 is 1.03 bits per heavy atom. The first kappa shape index (κ1) is 31.1. The number of carbonyl (C=O) groups excluding carboxylic acids is 2. The van der Waals surface area contributed by atoms with Crippen molar-refractivity contribution in [2.75, 3.05) is 19.7 Å². The highest BCUT2D eigenvalue weighted by Gasteiger charge is 2.68. The van der Waals surface area contributed by atoms with Crippen LogP contribution in [0.2, 0.25) is 0 Å². The maximum atomic E-state index is 13.9. The van der Waals surface area contributed by atoms with Gasteiger partial charge in [-0.2, -0.15) is 39.2 Å². The molecule has 0 aromatic carbocycles. The third-order valence-electron chi connectivity index (χ3n) is 4.03. The zero-order chi connectivity index (χ0) is 26.3. The lowest BCUT2D eigenvalue weighted by Gasteiger charge is -2.37. The molecule has 0 saturated carbocycles. The molecule has 0 rings (SSSR count). The van der Waals surface area contributed by atoms with Crippen LogP contribution in [-0.4, -0.2) is 72.6 Å². The molecule has 33 heavy (non-hydrogen) atoms. The van der Waals surface area contributed by atoms with Crippen molar-refractivity contribution >= 4 is 22.0 Å². The van der Waals surface area contributed by atoms with E-state index < -0.39 is 64.6 Å². The van der Waals surface area contributed by atoms with Gasteiger partial charge in [0.05, 0.1) is 6.61 Å². The number of alkyl halides is 7. The molecule has 0 spiro atoms. The van der Waals surface area contributed by atoms with E-state index in [2.05, 4.69) is 16.1 Å². The van der Waals surface area contributed by atoms with E-state index >= 15 is 0 Å². The maximum absolute atomic E-state index is 13.9. The van der Waals surface area contributed by atoms with Crippen LogP contribution in [0.4, 0.5) is 30.7 Å². The van der Waals surface area contributed by atoms with Crippen molar-refractivity contribution < 1.29 is 62.8 Å². The molecule has 8 nitrogen and oxygen atoms in total. The molecule has 0 saturated heterocycles. The van der Waals surface area contributed by atoms with Gasteiger partial charge in [0.15, 0.2) is 0 Å². The van der Waals surface area contributed by atoms with Crippen LogP contribution in [0.1, 0.15) is 39.5 Å². The minimum absolute atomic E-state index is 0.187. The summed E-state index contributed by atoms with van der Waals surface area (Å²) < 4.78 is 133. The van der Waals surface area contributed by atoms with Gasteiger partial charge in [-0.05, 0) is 19.3 Å². The predicted molar refractivity (Wildman–Crippen MR) is 98.9 cm³/mol. The number of rotatable bonds is 14. The van der Waals surface area contributed by atoms with Gasteiger partial charge in [-0.3, -0.25) is 9.35 Å². The van der Waals surface area contributed by atoms with Gasteiger partial charge in [-0.15, -0.1) is 0 Å². The number of halogens is 7. The molecule has 0 aromatic rings. The van der Waals surface area contributed by atoms with E-state index in [0.29, 0.717) is 4.90 Å². The van der Waals surface area contributed by atoms with Crippen LogP contribution < -0.4 is 0 Å². The Balaban J connectivity index is 5.96. The van der Waals surface area contributed by atoms with E-state index in [1.807, 2.05) is 0 Å². The summed E-state index contributed by atoms with van der Waals surface area (Å²) >= 11 is 0. The summed E-state index contributed by atoms with van der Waals surface area (Å²) in [5, 5.41) is -5.94. The molecule has 0 heterocycles. The fourth-order valence-corrected chi connectivity index (χ4v) is 2.97. The number of nitrogens with zero attached hydrogens (tertiary/aromatic N) is 1. The fourth-order valence-electron chi connectivity index (χ4n) is 2.49. The Bertz CT molecular complexity index is 796. The van der Waals surface area contributed by atoms with Crippen LogP contribution in [0.5, 0.6) is 0 Å². The molecule has 1 atom stereocenters. The van der Waals surface area contributed by atoms with Crippen molar-refractivity contribution in [1.82, 2.24) is 4.90 Å². The predicted octanol–water partition coefficient (Wildman–Crippen LogP) is 3.54. The van der Waals surface area contributed by atoms with Gasteiger partial charge < -0.3 is 14.4 Å². The van der Waals surface area contributed by atoms with Gasteiger partial charge in [-0.25, -0.2) is 4.79 Å². The van der Waals surface area contributed by atoms with E-state index in [-0.39, 0.29) is 32.0 Å². The minimum Gasteiger partial charge on any atom is -0.412 e. The van der Waals surface area contributed by atoms with E-state index in [9.17, 15) is 48.7 Å². The topological polar surface area (TPSA) is 110 Å². The van der Waals surface area contributed by atoms with Crippen molar-refractivity contribution in [3.63, 3.8) is 0 Å².